The van der Waals surface area contributed by atoms with Crippen LogP contribution in [0.4, 0.5) is 5.69 Å². The van der Waals surface area contributed by atoms with Crippen LogP contribution in [0.2, 0.25) is 0 Å². The van der Waals surface area contributed by atoms with Gasteiger partial charge in [0.2, 0.25) is 5.91 Å². The standard InChI is InChI=1S/C28H28N4O5/c1-3-27(34)32-13-18(14-32)11-21(33)16-31-17-24(23-12-20(29-36)7-8-25(23)31)28(35)30-10-9-22-19(15-30)5-4-6-26(22)37-2/h3-8,12,17-18H,1,9-11,13-16H2,2H3. The zero-order valence-electron chi connectivity index (χ0n) is 20.7. The molecule has 9 heteroatoms. The zero-order valence-corrected chi connectivity index (χ0v) is 20.7. The van der Waals surface area contributed by atoms with Crippen LogP contribution in [0.1, 0.15) is 27.9 Å². The number of amides is 2. The quantitative estimate of drug-likeness (QED) is 0.345. The summed E-state index contributed by atoms with van der Waals surface area (Å²) in [6, 6.07) is 10.7. The smallest absolute Gasteiger partial charge is 0.256 e. The summed E-state index contributed by atoms with van der Waals surface area (Å²) in [5.41, 5.74) is 3.50. The van der Waals surface area contributed by atoms with E-state index in [1.165, 1.54) is 6.08 Å². The third-order valence-corrected chi connectivity index (χ3v) is 7.24. The fourth-order valence-electron chi connectivity index (χ4n) is 5.34. The Labute approximate surface area is 214 Å². The van der Waals surface area contributed by atoms with E-state index in [9.17, 15) is 19.3 Å². The van der Waals surface area contributed by atoms with Crippen LogP contribution < -0.4 is 4.74 Å². The van der Waals surface area contributed by atoms with Crippen LogP contribution in [0, 0.1) is 10.8 Å². The third kappa shape index (κ3) is 4.64. The SMILES string of the molecule is C=CC(=O)N1CC(CC(=O)Cn2cc(C(=O)N3CCc4c(cccc4OC)C3)c3cc(N=O)ccc32)C1. The molecule has 37 heavy (non-hydrogen) atoms. The Morgan fingerprint density at radius 2 is 1.97 bits per heavy atom. The predicted octanol–water partition coefficient (Wildman–Crippen LogP) is 3.85. The Balaban J connectivity index is 1.37. The number of nitroso groups, excluding NO2 is 1. The van der Waals surface area contributed by atoms with Crippen molar-refractivity contribution in [3.05, 3.63) is 76.8 Å². The van der Waals surface area contributed by atoms with Gasteiger partial charge >= 0.3 is 0 Å². The van der Waals surface area contributed by atoms with E-state index in [2.05, 4.69) is 11.8 Å². The van der Waals surface area contributed by atoms with Gasteiger partial charge in [-0.3, -0.25) is 14.4 Å². The fraction of sp³-hybridized carbons (Fsp3) is 0.321. The van der Waals surface area contributed by atoms with Gasteiger partial charge in [0.1, 0.15) is 11.4 Å². The molecule has 0 saturated carbocycles. The molecule has 3 aromatic rings. The van der Waals surface area contributed by atoms with Crippen LogP contribution in [0.5, 0.6) is 5.75 Å². The molecule has 1 saturated heterocycles. The summed E-state index contributed by atoms with van der Waals surface area (Å²) in [5, 5.41) is 3.63. The zero-order chi connectivity index (χ0) is 26.1. The molecule has 2 amide bonds. The second-order valence-corrected chi connectivity index (χ2v) is 9.59. The van der Waals surface area contributed by atoms with Crippen LogP contribution >= 0.6 is 0 Å². The number of carbonyl (C=O) groups excluding carboxylic acids is 3. The van der Waals surface area contributed by atoms with Crippen LogP contribution in [-0.2, 0) is 29.1 Å². The molecular weight excluding hydrogens is 472 g/mol. The summed E-state index contributed by atoms with van der Waals surface area (Å²) >= 11 is 0. The maximum absolute atomic E-state index is 13.7. The van der Waals surface area contributed by atoms with E-state index in [0.29, 0.717) is 55.5 Å². The molecule has 0 spiro atoms. The van der Waals surface area contributed by atoms with Crippen molar-refractivity contribution < 1.29 is 19.1 Å². The van der Waals surface area contributed by atoms with Crippen LogP contribution in [0.3, 0.4) is 0 Å². The molecule has 0 bridgehead atoms. The summed E-state index contributed by atoms with van der Waals surface area (Å²) in [6.45, 7) is 5.66. The molecule has 0 aliphatic carbocycles. The van der Waals surface area contributed by atoms with Gasteiger partial charge in [-0.2, -0.15) is 0 Å². The molecule has 1 aromatic heterocycles. The van der Waals surface area contributed by atoms with Crippen molar-refractivity contribution in [1.82, 2.24) is 14.4 Å². The predicted molar refractivity (Wildman–Crippen MR) is 139 cm³/mol. The molecule has 1 fully saturated rings. The molecular formula is C28H28N4O5. The summed E-state index contributed by atoms with van der Waals surface area (Å²) in [6.07, 6.45) is 4.01. The number of methoxy groups -OCH3 is 1. The number of hydrogen-bond donors (Lipinski definition) is 0. The first-order valence-corrected chi connectivity index (χ1v) is 12.2. The molecule has 0 atom stereocenters. The largest absolute Gasteiger partial charge is 0.496 e. The van der Waals surface area contributed by atoms with E-state index in [4.69, 9.17) is 4.74 Å². The molecule has 190 valence electrons. The van der Waals surface area contributed by atoms with Crippen molar-refractivity contribution >= 4 is 34.2 Å². The first-order valence-electron chi connectivity index (χ1n) is 12.2. The van der Waals surface area contributed by atoms with Gasteiger partial charge in [-0.1, -0.05) is 18.7 Å². The maximum Gasteiger partial charge on any atom is 0.256 e. The molecule has 2 aromatic carbocycles. The highest BCUT2D eigenvalue weighted by atomic mass is 16.5. The van der Waals surface area contributed by atoms with Crippen molar-refractivity contribution in [3.63, 3.8) is 0 Å². The Kier molecular flexibility index (Phi) is 6.60. The summed E-state index contributed by atoms with van der Waals surface area (Å²) in [4.78, 5) is 52.9. The first-order chi connectivity index (χ1) is 17.9. The van der Waals surface area contributed by atoms with Gasteiger partial charge in [-0.15, -0.1) is 4.91 Å². The van der Waals surface area contributed by atoms with Gasteiger partial charge in [0.25, 0.3) is 5.91 Å². The van der Waals surface area contributed by atoms with Gasteiger partial charge in [0.05, 0.1) is 19.2 Å². The number of carbonyl (C=O) groups is 3. The second-order valence-electron chi connectivity index (χ2n) is 9.59. The molecule has 0 unspecified atom stereocenters. The summed E-state index contributed by atoms with van der Waals surface area (Å²) in [5.74, 6) is 0.676. The first kappa shape index (κ1) is 24.4. The topological polar surface area (TPSA) is 101 Å². The lowest BCUT2D eigenvalue weighted by Gasteiger charge is -2.38. The summed E-state index contributed by atoms with van der Waals surface area (Å²) in [7, 11) is 1.64. The summed E-state index contributed by atoms with van der Waals surface area (Å²) < 4.78 is 7.25. The van der Waals surface area contributed by atoms with Crippen molar-refractivity contribution in [2.24, 2.45) is 11.1 Å². The number of nitrogens with zero attached hydrogens (tertiary/aromatic N) is 4. The number of Topliss-reactive ketones (excluding diaryl/α,β-unsaturated/α-hetero) is 1. The van der Waals surface area contributed by atoms with Crippen LogP contribution in [0.25, 0.3) is 10.9 Å². The molecule has 2 aliphatic rings. The lowest BCUT2D eigenvalue weighted by molar-refractivity contribution is -0.134. The molecule has 3 heterocycles. The average Bonchev–Trinajstić information content (AvgIpc) is 3.25. The molecule has 0 N–H and O–H groups in total. The highest BCUT2D eigenvalue weighted by molar-refractivity contribution is 6.08. The van der Waals surface area contributed by atoms with Crippen molar-refractivity contribution in [1.29, 1.82) is 0 Å². The Hall–Kier alpha value is -4.27. The number of benzene rings is 2. The molecule has 9 nitrogen and oxygen atoms in total. The van der Waals surface area contributed by atoms with Crippen molar-refractivity contribution in [2.45, 2.75) is 25.9 Å². The number of rotatable bonds is 8. The highest BCUT2D eigenvalue weighted by Gasteiger charge is 2.31. The second kappa shape index (κ2) is 10.0. The number of ether oxygens (including phenoxy) is 1. The van der Waals surface area contributed by atoms with E-state index >= 15 is 0 Å². The number of hydrogen-bond acceptors (Lipinski definition) is 6. The lowest BCUT2D eigenvalue weighted by atomic mass is 9.94. The van der Waals surface area contributed by atoms with Gasteiger partial charge in [-0.25, -0.2) is 0 Å². The number of aromatic nitrogens is 1. The van der Waals surface area contributed by atoms with E-state index in [1.54, 1.807) is 45.9 Å². The van der Waals surface area contributed by atoms with E-state index in [1.807, 2.05) is 18.2 Å². The molecule has 2 aliphatic heterocycles. The third-order valence-electron chi connectivity index (χ3n) is 7.24. The van der Waals surface area contributed by atoms with Crippen molar-refractivity contribution in [3.8, 4) is 5.75 Å². The highest BCUT2D eigenvalue weighted by Crippen LogP contribution is 2.32. The van der Waals surface area contributed by atoms with Crippen LogP contribution in [0.15, 0.2) is 60.4 Å². The fourth-order valence-corrected chi connectivity index (χ4v) is 5.34. The number of fused-ring (bicyclic) bond motifs is 2. The van der Waals surface area contributed by atoms with E-state index < -0.39 is 0 Å². The Morgan fingerprint density at radius 1 is 1.16 bits per heavy atom. The molecule has 0 radical (unpaired) electrons. The number of likely N-dealkylation sites (tertiary alicyclic amines) is 1. The minimum absolute atomic E-state index is 0.0168. The van der Waals surface area contributed by atoms with Crippen molar-refractivity contribution in [2.75, 3.05) is 26.7 Å². The van der Waals surface area contributed by atoms with E-state index in [0.717, 1.165) is 16.9 Å². The maximum atomic E-state index is 13.7. The normalized spacial score (nSPS) is 15.2. The minimum atomic E-state index is -0.162. The van der Waals surface area contributed by atoms with Gasteiger partial charge in [-0.05, 0) is 47.5 Å². The van der Waals surface area contributed by atoms with Gasteiger partial charge in [0, 0.05) is 61.2 Å². The Morgan fingerprint density at radius 3 is 2.70 bits per heavy atom. The van der Waals surface area contributed by atoms with E-state index in [-0.39, 0.29) is 35.7 Å². The Bertz CT molecular complexity index is 1420. The minimum Gasteiger partial charge on any atom is -0.496 e. The monoisotopic (exact) mass is 500 g/mol. The van der Waals surface area contributed by atoms with Gasteiger partial charge in [0.15, 0.2) is 5.78 Å². The van der Waals surface area contributed by atoms with Crippen LogP contribution in [-0.4, -0.2) is 58.7 Å². The number of ketones is 1. The molecule has 5 rings (SSSR count). The lowest BCUT2D eigenvalue weighted by Crippen LogP contribution is -2.50. The average molecular weight is 501 g/mol. The van der Waals surface area contributed by atoms with Gasteiger partial charge < -0.3 is 19.1 Å².